The maximum absolute atomic E-state index is 12.9. The molecule has 1 N–H and O–H groups in total. The van der Waals surface area contributed by atoms with Gasteiger partial charge in [-0.05, 0) is 32.0 Å². The molecule has 0 aliphatic heterocycles. The van der Waals surface area contributed by atoms with E-state index in [4.69, 9.17) is 14.0 Å². The average molecular weight is 358 g/mol. The van der Waals surface area contributed by atoms with Gasteiger partial charge in [-0.25, -0.2) is 0 Å². The van der Waals surface area contributed by atoms with Gasteiger partial charge in [-0.1, -0.05) is 5.16 Å². The second kappa shape index (κ2) is 7.56. The van der Waals surface area contributed by atoms with E-state index < -0.39 is 17.6 Å². The van der Waals surface area contributed by atoms with E-state index in [-0.39, 0.29) is 36.0 Å². The van der Waals surface area contributed by atoms with Gasteiger partial charge in [0.15, 0.2) is 0 Å². The van der Waals surface area contributed by atoms with Gasteiger partial charge >= 0.3 is 6.18 Å². The van der Waals surface area contributed by atoms with Crippen LogP contribution in [0.5, 0.6) is 5.75 Å². The second-order valence-corrected chi connectivity index (χ2v) is 5.20. The summed E-state index contributed by atoms with van der Waals surface area (Å²) in [7, 11) is 1.47. The van der Waals surface area contributed by atoms with E-state index in [0.717, 1.165) is 18.2 Å². The number of hydrogen-bond acceptors (Lipinski definition) is 5. The number of alkyl halides is 3. The number of amides is 1. The molecule has 0 radical (unpaired) electrons. The maximum Gasteiger partial charge on any atom is 0.416 e. The number of carbonyl (C=O) groups is 1. The zero-order valence-electron chi connectivity index (χ0n) is 13.9. The van der Waals surface area contributed by atoms with Gasteiger partial charge in [0, 0.05) is 7.11 Å². The summed E-state index contributed by atoms with van der Waals surface area (Å²) in [6.45, 7) is 3.47. The summed E-state index contributed by atoms with van der Waals surface area (Å²) in [5.41, 5.74) is -0.499. The number of halogens is 3. The minimum absolute atomic E-state index is 0.101. The summed E-state index contributed by atoms with van der Waals surface area (Å²) in [6.07, 6.45) is -4.55. The first-order chi connectivity index (χ1) is 11.7. The summed E-state index contributed by atoms with van der Waals surface area (Å²) in [5.74, 6) is -0.263. The maximum atomic E-state index is 12.9. The third-order valence-corrected chi connectivity index (χ3v) is 3.36. The first kappa shape index (κ1) is 18.8. The minimum Gasteiger partial charge on any atom is -0.489 e. The number of anilines is 1. The average Bonchev–Trinajstić information content (AvgIpc) is 2.86. The number of methoxy groups -OCH3 is 1. The third-order valence-electron chi connectivity index (χ3n) is 3.36. The second-order valence-electron chi connectivity index (χ2n) is 5.20. The highest BCUT2D eigenvalue weighted by molar-refractivity contribution is 6.06. The van der Waals surface area contributed by atoms with Crippen LogP contribution in [0.15, 0.2) is 22.7 Å². The third kappa shape index (κ3) is 4.50. The number of rotatable bonds is 6. The Hall–Kier alpha value is -2.55. The number of aryl methyl sites for hydroxylation is 2. The molecule has 1 aromatic carbocycles. The molecule has 9 heteroatoms. The van der Waals surface area contributed by atoms with Crippen molar-refractivity contribution >= 4 is 11.6 Å². The number of aromatic nitrogens is 1. The Morgan fingerprint density at radius 3 is 2.56 bits per heavy atom. The molecule has 0 fully saturated rings. The van der Waals surface area contributed by atoms with Crippen molar-refractivity contribution in [2.45, 2.75) is 20.0 Å². The van der Waals surface area contributed by atoms with Gasteiger partial charge in [-0.2, -0.15) is 13.2 Å². The monoisotopic (exact) mass is 358 g/mol. The Morgan fingerprint density at radius 2 is 2.00 bits per heavy atom. The van der Waals surface area contributed by atoms with E-state index in [1.807, 2.05) is 0 Å². The first-order valence-corrected chi connectivity index (χ1v) is 7.31. The van der Waals surface area contributed by atoms with E-state index in [0.29, 0.717) is 5.69 Å². The number of hydrogen-bond donors (Lipinski definition) is 1. The van der Waals surface area contributed by atoms with Crippen molar-refractivity contribution in [3.63, 3.8) is 0 Å². The van der Waals surface area contributed by atoms with Crippen LogP contribution in [-0.4, -0.2) is 31.4 Å². The molecule has 1 heterocycles. The van der Waals surface area contributed by atoms with Crippen LogP contribution in [-0.2, 0) is 10.9 Å². The summed E-state index contributed by atoms with van der Waals surface area (Å²) in [5, 5.41) is 6.08. The van der Waals surface area contributed by atoms with Gasteiger partial charge in [-0.3, -0.25) is 4.79 Å². The van der Waals surface area contributed by atoms with Crippen molar-refractivity contribution in [3.05, 3.63) is 40.8 Å². The number of benzene rings is 1. The summed E-state index contributed by atoms with van der Waals surface area (Å²) >= 11 is 0. The molecule has 2 aromatic rings. The molecule has 25 heavy (non-hydrogen) atoms. The number of carbonyl (C=O) groups excluding carboxylic acids is 1. The lowest BCUT2D eigenvalue weighted by Gasteiger charge is -2.15. The summed E-state index contributed by atoms with van der Waals surface area (Å²) in [4.78, 5) is 12.4. The Kier molecular flexibility index (Phi) is 5.68. The highest BCUT2D eigenvalue weighted by Crippen LogP contribution is 2.35. The Bertz CT molecular complexity index is 737. The molecule has 0 atom stereocenters. The smallest absolute Gasteiger partial charge is 0.416 e. The standard InChI is InChI=1S/C16H17F3N2O4/c1-9-14(10(2)25-21-9)15(22)20-12-8-11(16(17,18)19)4-5-13(12)24-7-6-23-3/h4-5,8H,6-7H2,1-3H3,(H,20,22). The van der Waals surface area contributed by atoms with Crippen LogP contribution in [0, 0.1) is 13.8 Å². The minimum atomic E-state index is -4.55. The fourth-order valence-corrected chi connectivity index (χ4v) is 2.16. The lowest BCUT2D eigenvalue weighted by atomic mass is 10.1. The zero-order valence-corrected chi connectivity index (χ0v) is 13.9. The molecule has 0 bridgehead atoms. The largest absolute Gasteiger partial charge is 0.489 e. The SMILES string of the molecule is COCCOc1ccc(C(F)(F)F)cc1NC(=O)c1c(C)noc1C. The van der Waals surface area contributed by atoms with E-state index in [1.54, 1.807) is 6.92 Å². The quantitative estimate of drug-likeness (QED) is 0.799. The molecule has 6 nitrogen and oxygen atoms in total. The van der Waals surface area contributed by atoms with E-state index in [2.05, 4.69) is 10.5 Å². The molecule has 136 valence electrons. The lowest BCUT2D eigenvalue weighted by molar-refractivity contribution is -0.137. The van der Waals surface area contributed by atoms with E-state index in [1.165, 1.54) is 14.0 Å². The van der Waals surface area contributed by atoms with Gasteiger partial charge in [0.25, 0.3) is 5.91 Å². The van der Waals surface area contributed by atoms with Gasteiger partial charge in [0.2, 0.25) is 0 Å². The molecule has 2 rings (SSSR count). The summed E-state index contributed by atoms with van der Waals surface area (Å²) in [6, 6.07) is 2.85. The van der Waals surface area contributed by atoms with Crippen molar-refractivity contribution in [3.8, 4) is 5.75 Å². The van der Waals surface area contributed by atoms with Crippen molar-refractivity contribution in [2.75, 3.05) is 25.6 Å². The lowest BCUT2D eigenvalue weighted by Crippen LogP contribution is -2.16. The van der Waals surface area contributed by atoms with Gasteiger partial charge in [-0.15, -0.1) is 0 Å². The Balaban J connectivity index is 2.33. The molecular weight excluding hydrogens is 341 g/mol. The predicted octanol–water partition coefficient (Wildman–Crippen LogP) is 3.59. The fourth-order valence-electron chi connectivity index (χ4n) is 2.16. The Labute approximate surface area is 141 Å². The molecule has 0 spiro atoms. The van der Waals surface area contributed by atoms with Gasteiger partial charge in [0.1, 0.15) is 23.7 Å². The summed E-state index contributed by atoms with van der Waals surface area (Å²) < 4.78 is 54.0. The predicted molar refractivity (Wildman–Crippen MR) is 82.7 cm³/mol. The van der Waals surface area contributed by atoms with Crippen LogP contribution in [0.2, 0.25) is 0 Å². The van der Waals surface area contributed by atoms with Crippen molar-refractivity contribution in [1.29, 1.82) is 0 Å². The van der Waals surface area contributed by atoms with E-state index >= 15 is 0 Å². The number of nitrogens with zero attached hydrogens (tertiary/aromatic N) is 1. The molecule has 0 aliphatic rings. The molecule has 1 aromatic heterocycles. The topological polar surface area (TPSA) is 73.6 Å². The van der Waals surface area contributed by atoms with Crippen LogP contribution in [0.3, 0.4) is 0 Å². The van der Waals surface area contributed by atoms with Gasteiger partial charge in [0.05, 0.1) is 23.6 Å². The van der Waals surface area contributed by atoms with Crippen LogP contribution < -0.4 is 10.1 Å². The first-order valence-electron chi connectivity index (χ1n) is 7.31. The zero-order chi connectivity index (χ0) is 18.6. The van der Waals surface area contributed by atoms with Gasteiger partial charge < -0.3 is 19.3 Å². The van der Waals surface area contributed by atoms with Crippen molar-refractivity contribution in [1.82, 2.24) is 5.16 Å². The molecular formula is C16H17F3N2O4. The van der Waals surface area contributed by atoms with Crippen LogP contribution >= 0.6 is 0 Å². The molecule has 1 amide bonds. The van der Waals surface area contributed by atoms with Crippen molar-refractivity contribution in [2.24, 2.45) is 0 Å². The highest BCUT2D eigenvalue weighted by atomic mass is 19.4. The van der Waals surface area contributed by atoms with Crippen LogP contribution in [0.25, 0.3) is 0 Å². The normalized spacial score (nSPS) is 11.4. The Morgan fingerprint density at radius 1 is 1.28 bits per heavy atom. The fraction of sp³-hybridized carbons (Fsp3) is 0.375. The number of ether oxygens (including phenoxy) is 2. The molecule has 0 saturated heterocycles. The van der Waals surface area contributed by atoms with Crippen LogP contribution in [0.1, 0.15) is 27.4 Å². The van der Waals surface area contributed by atoms with Crippen LogP contribution in [0.4, 0.5) is 18.9 Å². The molecule has 0 unspecified atom stereocenters. The van der Waals surface area contributed by atoms with E-state index in [9.17, 15) is 18.0 Å². The number of nitrogens with one attached hydrogen (secondary N) is 1. The molecule has 0 aliphatic carbocycles. The van der Waals surface area contributed by atoms with Crippen molar-refractivity contribution < 1.29 is 32.0 Å². The highest BCUT2D eigenvalue weighted by Gasteiger charge is 2.31. The molecule has 0 saturated carbocycles.